The van der Waals surface area contributed by atoms with E-state index in [-0.39, 0.29) is 12.2 Å². The Morgan fingerprint density at radius 2 is 1.95 bits per heavy atom. The zero-order chi connectivity index (χ0) is 14.5. The standard InChI is InChI=1S/C17H32N2O/c1-4-8-15-17(20)19(16(18-15)11-13(2)3)12-14-9-6-5-7-10-14/h13-16,18H,4-12H2,1-3H3. The van der Waals surface area contributed by atoms with Crippen molar-refractivity contribution < 1.29 is 4.79 Å². The van der Waals surface area contributed by atoms with E-state index in [2.05, 4.69) is 31.0 Å². The Morgan fingerprint density at radius 1 is 1.25 bits per heavy atom. The minimum Gasteiger partial charge on any atom is -0.326 e. The van der Waals surface area contributed by atoms with Crippen molar-refractivity contribution in [3.8, 4) is 0 Å². The maximum absolute atomic E-state index is 12.6. The molecule has 1 N–H and O–H groups in total. The van der Waals surface area contributed by atoms with Crippen LogP contribution in [0.4, 0.5) is 0 Å². The van der Waals surface area contributed by atoms with E-state index < -0.39 is 0 Å². The first-order chi connectivity index (χ1) is 9.61. The summed E-state index contributed by atoms with van der Waals surface area (Å²) in [5.74, 6) is 1.74. The van der Waals surface area contributed by atoms with Gasteiger partial charge in [-0.3, -0.25) is 10.1 Å². The third-order valence-electron chi connectivity index (χ3n) is 4.80. The fourth-order valence-electron chi connectivity index (χ4n) is 3.75. The number of amides is 1. The highest BCUT2D eigenvalue weighted by molar-refractivity contribution is 5.84. The summed E-state index contributed by atoms with van der Waals surface area (Å²) < 4.78 is 0. The molecule has 2 fully saturated rings. The van der Waals surface area contributed by atoms with Crippen LogP contribution < -0.4 is 5.32 Å². The van der Waals surface area contributed by atoms with Crippen molar-refractivity contribution in [2.75, 3.05) is 6.54 Å². The molecule has 0 spiro atoms. The Balaban J connectivity index is 1.98. The molecule has 0 aromatic rings. The van der Waals surface area contributed by atoms with Crippen molar-refractivity contribution in [3.05, 3.63) is 0 Å². The fourth-order valence-corrected chi connectivity index (χ4v) is 3.75. The van der Waals surface area contributed by atoms with Crippen LogP contribution in [0.25, 0.3) is 0 Å². The molecular formula is C17H32N2O. The molecule has 2 aliphatic rings. The van der Waals surface area contributed by atoms with Crippen LogP contribution in [0.1, 0.15) is 72.1 Å². The maximum Gasteiger partial charge on any atom is 0.241 e. The lowest BCUT2D eigenvalue weighted by atomic mass is 9.88. The van der Waals surface area contributed by atoms with Gasteiger partial charge in [-0.05, 0) is 37.5 Å². The highest BCUT2D eigenvalue weighted by Gasteiger charge is 2.39. The van der Waals surface area contributed by atoms with E-state index in [1.54, 1.807) is 0 Å². The molecule has 0 bridgehead atoms. The highest BCUT2D eigenvalue weighted by Crippen LogP contribution is 2.28. The fraction of sp³-hybridized carbons (Fsp3) is 0.941. The predicted octanol–water partition coefficient (Wildman–Crippen LogP) is 3.54. The first-order valence-corrected chi connectivity index (χ1v) is 8.68. The molecular weight excluding hydrogens is 248 g/mol. The molecule has 116 valence electrons. The normalized spacial score (nSPS) is 28.6. The van der Waals surface area contributed by atoms with Crippen molar-refractivity contribution in [2.45, 2.75) is 84.3 Å². The Bertz CT molecular complexity index is 310. The third-order valence-corrected chi connectivity index (χ3v) is 4.80. The largest absolute Gasteiger partial charge is 0.326 e. The summed E-state index contributed by atoms with van der Waals surface area (Å²) in [7, 11) is 0. The molecule has 1 aliphatic heterocycles. The molecule has 1 heterocycles. The van der Waals surface area contributed by atoms with Crippen LogP contribution in [-0.4, -0.2) is 29.6 Å². The monoisotopic (exact) mass is 280 g/mol. The summed E-state index contributed by atoms with van der Waals surface area (Å²) in [6, 6.07) is 0.0762. The molecule has 20 heavy (non-hydrogen) atoms. The number of rotatable bonds is 6. The van der Waals surface area contributed by atoms with Crippen molar-refractivity contribution in [2.24, 2.45) is 11.8 Å². The van der Waals surface area contributed by atoms with Gasteiger partial charge >= 0.3 is 0 Å². The van der Waals surface area contributed by atoms with Crippen LogP contribution in [0, 0.1) is 11.8 Å². The SMILES string of the molecule is CCCC1NC(CC(C)C)N(CC2CCCCC2)C1=O. The second kappa shape index (κ2) is 7.44. The molecule has 2 unspecified atom stereocenters. The Hall–Kier alpha value is -0.570. The molecule has 1 aliphatic carbocycles. The Kier molecular flexibility index (Phi) is 5.88. The first kappa shape index (κ1) is 15.8. The summed E-state index contributed by atoms with van der Waals surface area (Å²) in [6.07, 6.45) is 10.1. The summed E-state index contributed by atoms with van der Waals surface area (Å²) in [6.45, 7) is 7.65. The average molecular weight is 280 g/mol. The molecule has 0 aromatic heterocycles. The summed E-state index contributed by atoms with van der Waals surface area (Å²) in [5.41, 5.74) is 0. The van der Waals surface area contributed by atoms with Gasteiger partial charge in [-0.2, -0.15) is 0 Å². The average Bonchev–Trinajstić information content (AvgIpc) is 2.69. The van der Waals surface area contributed by atoms with Gasteiger partial charge in [0.25, 0.3) is 0 Å². The summed E-state index contributed by atoms with van der Waals surface area (Å²) in [5, 5.41) is 3.59. The van der Waals surface area contributed by atoms with Crippen LogP contribution in [-0.2, 0) is 4.79 Å². The molecule has 0 radical (unpaired) electrons. The maximum atomic E-state index is 12.6. The van der Waals surface area contributed by atoms with Crippen molar-refractivity contribution in [1.82, 2.24) is 10.2 Å². The molecule has 0 aromatic carbocycles. The zero-order valence-electron chi connectivity index (χ0n) is 13.5. The van der Waals surface area contributed by atoms with Gasteiger partial charge in [0.2, 0.25) is 5.91 Å². The molecule has 2 rings (SSSR count). The van der Waals surface area contributed by atoms with Gasteiger partial charge in [0.1, 0.15) is 0 Å². The first-order valence-electron chi connectivity index (χ1n) is 8.68. The highest BCUT2D eigenvalue weighted by atomic mass is 16.2. The summed E-state index contributed by atoms with van der Waals surface area (Å²) >= 11 is 0. The molecule has 1 saturated carbocycles. The number of carbonyl (C=O) groups is 1. The Labute approximate surface area is 124 Å². The second-order valence-corrected chi connectivity index (χ2v) is 7.15. The van der Waals surface area contributed by atoms with E-state index in [0.29, 0.717) is 11.8 Å². The molecule has 1 saturated heterocycles. The molecule has 3 nitrogen and oxygen atoms in total. The second-order valence-electron chi connectivity index (χ2n) is 7.15. The van der Waals surface area contributed by atoms with Gasteiger partial charge in [-0.15, -0.1) is 0 Å². The molecule has 2 atom stereocenters. The molecule has 3 heteroatoms. The lowest BCUT2D eigenvalue weighted by Gasteiger charge is -2.31. The number of hydrogen-bond donors (Lipinski definition) is 1. The topological polar surface area (TPSA) is 32.3 Å². The van der Waals surface area contributed by atoms with Gasteiger partial charge in [-0.1, -0.05) is 46.5 Å². The van der Waals surface area contributed by atoms with E-state index in [1.807, 2.05) is 0 Å². The number of nitrogens with one attached hydrogen (secondary N) is 1. The van der Waals surface area contributed by atoms with E-state index in [4.69, 9.17) is 0 Å². The van der Waals surface area contributed by atoms with Crippen molar-refractivity contribution in [3.63, 3.8) is 0 Å². The van der Waals surface area contributed by atoms with Gasteiger partial charge in [0, 0.05) is 6.54 Å². The summed E-state index contributed by atoms with van der Waals surface area (Å²) in [4.78, 5) is 14.8. The van der Waals surface area contributed by atoms with E-state index >= 15 is 0 Å². The van der Waals surface area contributed by atoms with Gasteiger partial charge in [0.15, 0.2) is 0 Å². The van der Waals surface area contributed by atoms with Gasteiger partial charge < -0.3 is 4.90 Å². The zero-order valence-corrected chi connectivity index (χ0v) is 13.5. The predicted molar refractivity (Wildman–Crippen MR) is 83.4 cm³/mol. The Morgan fingerprint density at radius 3 is 2.55 bits per heavy atom. The smallest absolute Gasteiger partial charge is 0.241 e. The number of carbonyl (C=O) groups excluding carboxylic acids is 1. The quantitative estimate of drug-likeness (QED) is 0.807. The van der Waals surface area contributed by atoms with Crippen molar-refractivity contribution >= 4 is 5.91 Å². The third kappa shape index (κ3) is 3.97. The lowest BCUT2D eigenvalue weighted by molar-refractivity contribution is -0.131. The number of nitrogens with zero attached hydrogens (tertiary/aromatic N) is 1. The minimum absolute atomic E-state index is 0.0762. The van der Waals surface area contributed by atoms with Crippen LogP contribution in [0.3, 0.4) is 0 Å². The lowest BCUT2D eigenvalue weighted by Crippen LogP contribution is -2.41. The van der Waals surface area contributed by atoms with Crippen LogP contribution in [0.2, 0.25) is 0 Å². The van der Waals surface area contributed by atoms with Crippen LogP contribution in [0.5, 0.6) is 0 Å². The van der Waals surface area contributed by atoms with Crippen LogP contribution in [0.15, 0.2) is 0 Å². The minimum atomic E-state index is 0.0762. The molecule has 1 amide bonds. The van der Waals surface area contributed by atoms with E-state index in [1.165, 1.54) is 32.1 Å². The van der Waals surface area contributed by atoms with Crippen LogP contribution >= 0.6 is 0 Å². The van der Waals surface area contributed by atoms with Gasteiger partial charge in [0.05, 0.1) is 12.2 Å². The number of hydrogen-bond acceptors (Lipinski definition) is 2. The van der Waals surface area contributed by atoms with E-state index in [9.17, 15) is 4.79 Å². The van der Waals surface area contributed by atoms with Crippen molar-refractivity contribution in [1.29, 1.82) is 0 Å². The van der Waals surface area contributed by atoms with Gasteiger partial charge in [-0.25, -0.2) is 0 Å². The van der Waals surface area contributed by atoms with E-state index in [0.717, 1.165) is 31.7 Å².